The van der Waals surface area contributed by atoms with Crippen LogP contribution in [0.3, 0.4) is 0 Å². The number of amides is 1. The minimum atomic E-state index is -0.808. The molecule has 10 heteroatoms. The van der Waals surface area contributed by atoms with Gasteiger partial charge in [-0.2, -0.15) is 0 Å². The number of carbonyl (C=O) groups excluding carboxylic acids is 1. The van der Waals surface area contributed by atoms with Gasteiger partial charge in [0.05, 0.1) is 5.02 Å². The zero-order chi connectivity index (χ0) is 21.6. The van der Waals surface area contributed by atoms with Gasteiger partial charge in [-0.25, -0.2) is 14.3 Å². The fourth-order valence-corrected chi connectivity index (χ4v) is 3.63. The Morgan fingerprint density at radius 2 is 1.73 bits per heavy atom. The number of benzene rings is 2. The third-order valence-electron chi connectivity index (χ3n) is 4.66. The first kappa shape index (κ1) is 19.9. The Morgan fingerprint density at radius 1 is 1.07 bits per heavy atom. The molecule has 1 amide bonds. The molecule has 0 radical (unpaired) electrons. The molecule has 30 heavy (non-hydrogen) atoms. The summed E-state index contributed by atoms with van der Waals surface area (Å²) in [7, 11) is 1.47. The molecule has 4 aromatic rings. The van der Waals surface area contributed by atoms with Crippen molar-refractivity contribution in [1.82, 2.24) is 18.7 Å². The predicted octanol–water partition coefficient (Wildman–Crippen LogP) is 2.35. The summed E-state index contributed by atoms with van der Waals surface area (Å²) in [6.07, 6.45) is 0. The Labute approximate surface area is 179 Å². The van der Waals surface area contributed by atoms with Crippen LogP contribution >= 0.6 is 23.2 Å². The van der Waals surface area contributed by atoms with E-state index >= 15 is 0 Å². The highest BCUT2D eigenvalue weighted by Crippen LogP contribution is 2.31. The lowest BCUT2D eigenvalue weighted by Crippen LogP contribution is -2.42. The van der Waals surface area contributed by atoms with E-state index in [9.17, 15) is 14.4 Å². The Kier molecular flexibility index (Phi) is 4.97. The van der Waals surface area contributed by atoms with Gasteiger partial charge >= 0.3 is 5.69 Å². The van der Waals surface area contributed by atoms with Crippen molar-refractivity contribution in [3.05, 3.63) is 79.4 Å². The normalized spacial score (nSPS) is 11.2. The number of nitrogens with zero attached hydrogens (tertiary/aromatic N) is 4. The highest BCUT2D eigenvalue weighted by atomic mass is 35.5. The summed E-state index contributed by atoms with van der Waals surface area (Å²) in [6.45, 7) is -0.547. The molecule has 0 atom stereocenters. The topological polar surface area (TPSA) is 105 Å². The molecule has 4 rings (SSSR count). The number of nitrogens with two attached hydrogens (primary N) is 1. The Bertz CT molecular complexity index is 1420. The Morgan fingerprint density at radius 3 is 2.37 bits per heavy atom. The second-order valence-corrected chi connectivity index (χ2v) is 7.44. The molecule has 2 heterocycles. The minimum Gasteiger partial charge on any atom is -0.368 e. The number of hydrogen-bond acceptors (Lipinski definition) is 4. The van der Waals surface area contributed by atoms with Gasteiger partial charge < -0.3 is 5.73 Å². The lowest BCUT2D eigenvalue weighted by molar-refractivity contribution is -0.118. The average Bonchev–Trinajstić information content (AvgIpc) is 3.11. The van der Waals surface area contributed by atoms with Gasteiger partial charge in [0, 0.05) is 23.3 Å². The fourth-order valence-electron chi connectivity index (χ4n) is 3.28. The van der Waals surface area contributed by atoms with Crippen molar-refractivity contribution in [3.63, 3.8) is 0 Å². The lowest BCUT2D eigenvalue weighted by Gasteiger charge is -2.11. The number of imidazole rings is 1. The molecule has 0 spiro atoms. The Balaban J connectivity index is 2.20. The van der Waals surface area contributed by atoms with Crippen LogP contribution in [0.1, 0.15) is 0 Å². The van der Waals surface area contributed by atoms with Gasteiger partial charge in [-0.1, -0.05) is 35.3 Å². The smallest absolute Gasteiger partial charge is 0.332 e. The van der Waals surface area contributed by atoms with Crippen molar-refractivity contribution >= 4 is 40.3 Å². The maximum Gasteiger partial charge on any atom is 0.332 e. The third-order valence-corrected chi connectivity index (χ3v) is 5.24. The van der Waals surface area contributed by atoms with Crippen LogP contribution in [-0.4, -0.2) is 24.6 Å². The molecule has 0 aliphatic heterocycles. The van der Waals surface area contributed by atoms with Gasteiger partial charge in [0.25, 0.3) is 5.56 Å². The van der Waals surface area contributed by atoms with Crippen molar-refractivity contribution in [2.45, 2.75) is 6.54 Å². The van der Waals surface area contributed by atoms with Crippen molar-refractivity contribution < 1.29 is 4.79 Å². The van der Waals surface area contributed by atoms with E-state index < -0.39 is 23.7 Å². The first-order valence-electron chi connectivity index (χ1n) is 8.81. The molecule has 2 N–H and O–H groups in total. The van der Waals surface area contributed by atoms with Crippen LogP contribution in [0.5, 0.6) is 0 Å². The van der Waals surface area contributed by atoms with Crippen molar-refractivity contribution in [1.29, 1.82) is 0 Å². The van der Waals surface area contributed by atoms with Crippen LogP contribution in [0, 0.1) is 0 Å². The molecule has 0 bridgehead atoms. The van der Waals surface area contributed by atoms with E-state index in [1.807, 2.05) is 0 Å². The second-order valence-electron chi connectivity index (χ2n) is 6.60. The molecule has 0 saturated heterocycles. The number of carbonyl (C=O) groups is 1. The summed E-state index contributed by atoms with van der Waals surface area (Å²) in [6, 6.07) is 13.8. The van der Waals surface area contributed by atoms with Crippen LogP contribution in [0.2, 0.25) is 10.0 Å². The minimum absolute atomic E-state index is 0.107. The molecule has 2 aromatic heterocycles. The van der Waals surface area contributed by atoms with Gasteiger partial charge in [-0.3, -0.25) is 18.7 Å². The predicted molar refractivity (Wildman–Crippen MR) is 115 cm³/mol. The number of hydrogen-bond donors (Lipinski definition) is 1. The van der Waals surface area contributed by atoms with Crippen molar-refractivity contribution in [3.8, 4) is 17.1 Å². The number of rotatable bonds is 4. The molecule has 0 unspecified atom stereocenters. The molecule has 2 aromatic carbocycles. The molecule has 8 nitrogen and oxygen atoms in total. The van der Waals surface area contributed by atoms with Gasteiger partial charge in [-0.15, -0.1) is 0 Å². The van der Waals surface area contributed by atoms with Crippen LogP contribution < -0.4 is 17.0 Å². The maximum atomic E-state index is 13.2. The summed E-state index contributed by atoms with van der Waals surface area (Å²) in [5.74, 6) is -0.445. The summed E-state index contributed by atoms with van der Waals surface area (Å²) in [5, 5.41) is 0.937. The fraction of sp³-hybridized carbons (Fsp3) is 0.100. The molecule has 0 fully saturated rings. The number of aromatic nitrogens is 4. The van der Waals surface area contributed by atoms with E-state index in [2.05, 4.69) is 4.98 Å². The standard InChI is InChI=1S/C20H15Cl2N5O3/c1-25-18-16(19(29)26(20(25)30)10-15(23)28)27(12-8-6-11(21)7-9-12)17(24-18)13-4-2-3-5-14(13)22/h2-9H,10H2,1H3,(H2,23,28). The largest absolute Gasteiger partial charge is 0.368 e. The average molecular weight is 444 g/mol. The first-order chi connectivity index (χ1) is 14.3. The molecular formula is C20H15Cl2N5O3. The number of halogens is 2. The van der Waals surface area contributed by atoms with Crippen LogP contribution in [0.25, 0.3) is 28.2 Å². The van der Waals surface area contributed by atoms with Crippen LogP contribution in [0.15, 0.2) is 58.1 Å². The first-order valence-corrected chi connectivity index (χ1v) is 9.56. The monoisotopic (exact) mass is 443 g/mol. The van der Waals surface area contributed by atoms with E-state index in [-0.39, 0.29) is 11.2 Å². The number of primary amides is 1. The van der Waals surface area contributed by atoms with Gasteiger partial charge in [0.15, 0.2) is 11.2 Å². The maximum absolute atomic E-state index is 13.2. The van der Waals surface area contributed by atoms with Crippen molar-refractivity contribution in [2.75, 3.05) is 0 Å². The molecular weight excluding hydrogens is 429 g/mol. The molecule has 0 saturated carbocycles. The highest BCUT2D eigenvalue weighted by Gasteiger charge is 2.23. The zero-order valence-electron chi connectivity index (χ0n) is 15.7. The lowest BCUT2D eigenvalue weighted by atomic mass is 10.2. The SMILES string of the molecule is Cn1c(=O)n(CC(N)=O)c(=O)c2c1nc(-c1ccccc1Cl)n2-c1ccc(Cl)cc1. The molecule has 0 aliphatic rings. The van der Waals surface area contributed by atoms with Crippen LogP contribution in [0.4, 0.5) is 0 Å². The Hall–Kier alpha value is -3.36. The van der Waals surface area contributed by atoms with E-state index in [0.29, 0.717) is 27.1 Å². The van der Waals surface area contributed by atoms with Crippen LogP contribution in [-0.2, 0) is 18.4 Å². The zero-order valence-corrected chi connectivity index (χ0v) is 17.2. The van der Waals surface area contributed by atoms with E-state index in [0.717, 1.165) is 4.57 Å². The third kappa shape index (κ3) is 3.20. The molecule has 0 aliphatic carbocycles. The number of aryl methyl sites for hydroxylation is 1. The van der Waals surface area contributed by atoms with Crippen molar-refractivity contribution in [2.24, 2.45) is 12.8 Å². The quantitative estimate of drug-likeness (QED) is 0.522. The summed E-state index contributed by atoms with van der Waals surface area (Å²) >= 11 is 12.4. The van der Waals surface area contributed by atoms with Gasteiger partial charge in [-0.05, 0) is 36.4 Å². The summed E-state index contributed by atoms with van der Waals surface area (Å²) in [5.41, 5.74) is 5.26. The molecule has 152 valence electrons. The van der Waals surface area contributed by atoms with E-state index in [1.165, 1.54) is 11.6 Å². The number of fused-ring (bicyclic) bond motifs is 1. The summed E-state index contributed by atoms with van der Waals surface area (Å²) in [4.78, 5) is 41.9. The summed E-state index contributed by atoms with van der Waals surface area (Å²) < 4.78 is 3.58. The van der Waals surface area contributed by atoms with Gasteiger partial charge in [0.1, 0.15) is 12.4 Å². The van der Waals surface area contributed by atoms with Gasteiger partial charge in [0.2, 0.25) is 5.91 Å². The van der Waals surface area contributed by atoms with E-state index in [1.54, 1.807) is 53.1 Å². The van der Waals surface area contributed by atoms with E-state index in [4.69, 9.17) is 28.9 Å². The second kappa shape index (κ2) is 7.47. The highest BCUT2D eigenvalue weighted by molar-refractivity contribution is 6.33.